The van der Waals surface area contributed by atoms with E-state index in [0.717, 1.165) is 22.3 Å². The summed E-state index contributed by atoms with van der Waals surface area (Å²) in [7, 11) is 6.50. The summed E-state index contributed by atoms with van der Waals surface area (Å²) >= 11 is 0. The first-order chi connectivity index (χ1) is 26.2. The molecule has 0 spiro atoms. The summed E-state index contributed by atoms with van der Waals surface area (Å²) in [6.07, 6.45) is 2.56. The van der Waals surface area contributed by atoms with Crippen LogP contribution in [0.15, 0.2) is 46.1 Å². The number of hydrogen-bond acceptors (Lipinski definition) is 9. The van der Waals surface area contributed by atoms with Crippen LogP contribution in [0.2, 0.25) is 0 Å². The lowest BCUT2D eigenvalue weighted by Gasteiger charge is -2.46. The van der Waals surface area contributed by atoms with Crippen molar-refractivity contribution in [2.24, 2.45) is 14.1 Å². The highest BCUT2D eigenvalue weighted by Gasteiger charge is 2.48. The third-order valence-corrected chi connectivity index (χ3v) is 11.8. The summed E-state index contributed by atoms with van der Waals surface area (Å²) in [4.78, 5) is 55.8. The quantitative estimate of drug-likeness (QED) is 0.256. The number of nitrogens with one attached hydrogen (secondary N) is 1. The van der Waals surface area contributed by atoms with Gasteiger partial charge in [-0.2, -0.15) is 0 Å². The van der Waals surface area contributed by atoms with Crippen LogP contribution in [0.25, 0.3) is 22.2 Å². The summed E-state index contributed by atoms with van der Waals surface area (Å²) in [5, 5.41) is 2.34. The van der Waals surface area contributed by atoms with Crippen LogP contribution >= 0.6 is 0 Å². The summed E-state index contributed by atoms with van der Waals surface area (Å²) in [6.45, 7) is 6.92. The number of aromatic nitrogens is 3. The third kappa shape index (κ3) is 7.20. The molecule has 3 aliphatic heterocycles. The minimum atomic E-state index is -2.93. The van der Waals surface area contributed by atoms with Gasteiger partial charge in [0, 0.05) is 83.7 Å². The van der Waals surface area contributed by atoms with E-state index in [2.05, 4.69) is 10.2 Å². The third-order valence-electron chi connectivity index (χ3n) is 11.8. The molecule has 15 heteroatoms. The maximum Gasteiger partial charge on any atom is 0.329 e. The number of alkyl halides is 2. The van der Waals surface area contributed by atoms with E-state index in [1.165, 1.54) is 9.13 Å². The van der Waals surface area contributed by atoms with Crippen molar-refractivity contribution in [3.63, 3.8) is 0 Å². The predicted octanol–water partition coefficient (Wildman–Crippen LogP) is 3.34. The number of methoxy groups -OCH3 is 2. The molecule has 7 rings (SSSR count). The molecule has 55 heavy (non-hydrogen) atoms. The molecular formula is C40H49F2N7O6. The van der Waals surface area contributed by atoms with Crippen LogP contribution in [0.1, 0.15) is 47.6 Å². The summed E-state index contributed by atoms with van der Waals surface area (Å²) in [6, 6.07) is 7.87. The van der Waals surface area contributed by atoms with E-state index in [0.29, 0.717) is 79.3 Å². The number of piperidine rings is 2. The van der Waals surface area contributed by atoms with Crippen molar-refractivity contribution in [2.45, 2.75) is 64.2 Å². The number of pyridine rings is 1. The minimum absolute atomic E-state index is 0.0615. The van der Waals surface area contributed by atoms with Gasteiger partial charge >= 0.3 is 5.69 Å². The molecule has 2 unspecified atom stereocenters. The van der Waals surface area contributed by atoms with Crippen molar-refractivity contribution in [1.82, 2.24) is 33.7 Å². The smallest absolute Gasteiger partial charge is 0.329 e. The van der Waals surface area contributed by atoms with E-state index in [1.54, 1.807) is 50.9 Å². The van der Waals surface area contributed by atoms with Crippen molar-refractivity contribution in [1.29, 1.82) is 0 Å². The number of amides is 2. The zero-order valence-corrected chi connectivity index (χ0v) is 32.3. The van der Waals surface area contributed by atoms with E-state index in [4.69, 9.17) is 9.47 Å². The monoisotopic (exact) mass is 761 g/mol. The van der Waals surface area contributed by atoms with Gasteiger partial charge in [-0.1, -0.05) is 6.07 Å². The number of imidazole rings is 1. The maximum atomic E-state index is 16.0. The van der Waals surface area contributed by atoms with Gasteiger partial charge in [0.25, 0.3) is 11.5 Å². The SMILES string of the molecule is COc1cc(-c2cn(C)c(=O)c(C)c2C)cc(OC)c1CN1CCC(N2CCN(Cc3ccc4c(c3)n(C)c(=O)n4C3CCC(=O)NC3=O)CC2)C(F)(F)C1. The summed E-state index contributed by atoms with van der Waals surface area (Å²) in [5.74, 6) is -2.67. The number of carbonyl (C=O) groups excluding carboxylic acids is 2. The molecule has 0 bridgehead atoms. The molecule has 2 aromatic carbocycles. The highest BCUT2D eigenvalue weighted by atomic mass is 19.3. The van der Waals surface area contributed by atoms with Gasteiger partial charge in [0.15, 0.2) is 0 Å². The van der Waals surface area contributed by atoms with Crippen molar-refractivity contribution in [3.05, 3.63) is 79.6 Å². The first-order valence-electron chi connectivity index (χ1n) is 18.7. The van der Waals surface area contributed by atoms with Gasteiger partial charge in [0.1, 0.15) is 17.5 Å². The highest BCUT2D eigenvalue weighted by Crippen LogP contribution is 2.39. The van der Waals surface area contributed by atoms with Crippen molar-refractivity contribution in [3.8, 4) is 22.6 Å². The fraction of sp³-hybridized carbons (Fsp3) is 0.500. The second-order valence-electron chi connectivity index (χ2n) is 15.2. The fourth-order valence-electron chi connectivity index (χ4n) is 8.60. The Balaban J connectivity index is 0.990. The molecule has 5 heterocycles. The Bertz CT molecular complexity index is 2250. The zero-order valence-electron chi connectivity index (χ0n) is 32.3. The van der Waals surface area contributed by atoms with Gasteiger partial charge in [0.05, 0.1) is 43.4 Å². The van der Waals surface area contributed by atoms with Crippen LogP contribution in [0.3, 0.4) is 0 Å². The number of imide groups is 1. The average molecular weight is 762 g/mol. The number of ether oxygens (including phenoxy) is 2. The number of hydrogen-bond donors (Lipinski definition) is 1. The molecule has 3 fully saturated rings. The first-order valence-corrected chi connectivity index (χ1v) is 18.7. The number of likely N-dealkylation sites (tertiary alicyclic amines) is 1. The summed E-state index contributed by atoms with van der Waals surface area (Å²) in [5.41, 5.74) is 5.81. The molecule has 13 nitrogen and oxygen atoms in total. The molecule has 3 saturated heterocycles. The van der Waals surface area contributed by atoms with E-state index in [1.807, 2.05) is 42.2 Å². The van der Waals surface area contributed by atoms with Crippen LogP contribution in [-0.2, 0) is 36.8 Å². The number of piperazine rings is 1. The molecular weight excluding hydrogens is 712 g/mol. The minimum Gasteiger partial charge on any atom is -0.496 e. The lowest BCUT2D eigenvalue weighted by Crippen LogP contribution is -2.61. The highest BCUT2D eigenvalue weighted by molar-refractivity contribution is 6.00. The van der Waals surface area contributed by atoms with Crippen molar-refractivity contribution >= 4 is 22.8 Å². The molecule has 0 saturated carbocycles. The zero-order chi connectivity index (χ0) is 39.3. The van der Waals surface area contributed by atoms with Crippen molar-refractivity contribution in [2.75, 3.05) is 53.5 Å². The fourth-order valence-corrected chi connectivity index (χ4v) is 8.60. The van der Waals surface area contributed by atoms with Crippen LogP contribution in [0.5, 0.6) is 11.5 Å². The second-order valence-corrected chi connectivity index (χ2v) is 15.2. The van der Waals surface area contributed by atoms with Crippen molar-refractivity contribution < 1.29 is 27.8 Å². The molecule has 1 N–H and O–H groups in total. The number of aryl methyl sites for hydroxylation is 2. The number of nitrogens with zero attached hydrogens (tertiary/aromatic N) is 6. The molecule has 2 amide bonds. The van der Waals surface area contributed by atoms with E-state index < -0.39 is 23.9 Å². The van der Waals surface area contributed by atoms with E-state index >= 15 is 8.78 Å². The van der Waals surface area contributed by atoms with Gasteiger partial charge in [-0.25, -0.2) is 13.6 Å². The van der Waals surface area contributed by atoms with Gasteiger partial charge in [0.2, 0.25) is 11.8 Å². The summed E-state index contributed by atoms with van der Waals surface area (Å²) < 4.78 is 48.1. The Kier molecular flexibility index (Phi) is 10.5. The average Bonchev–Trinajstić information content (AvgIpc) is 3.40. The lowest BCUT2D eigenvalue weighted by atomic mass is 9.95. The Morgan fingerprint density at radius 3 is 2.16 bits per heavy atom. The van der Waals surface area contributed by atoms with Crippen LogP contribution < -0.4 is 26.0 Å². The molecule has 2 atom stereocenters. The van der Waals surface area contributed by atoms with Gasteiger partial charge in [-0.3, -0.25) is 43.5 Å². The molecule has 4 aromatic rings. The Hall–Kier alpha value is -4.86. The van der Waals surface area contributed by atoms with Gasteiger partial charge in [-0.15, -0.1) is 0 Å². The Labute approximate surface area is 318 Å². The Morgan fingerprint density at radius 1 is 0.836 bits per heavy atom. The van der Waals surface area contributed by atoms with Gasteiger partial charge < -0.3 is 14.0 Å². The lowest BCUT2D eigenvalue weighted by molar-refractivity contribution is -0.136. The maximum absolute atomic E-state index is 16.0. The topological polar surface area (TPSA) is 123 Å². The molecule has 0 radical (unpaired) electrons. The number of halogens is 2. The largest absolute Gasteiger partial charge is 0.496 e. The van der Waals surface area contributed by atoms with Gasteiger partial charge in [-0.05, 0) is 67.6 Å². The molecule has 294 valence electrons. The first kappa shape index (κ1) is 38.4. The van der Waals surface area contributed by atoms with Crippen LogP contribution in [-0.4, -0.2) is 106 Å². The van der Waals surface area contributed by atoms with E-state index in [-0.39, 0.29) is 43.1 Å². The number of fused-ring (bicyclic) bond motifs is 1. The molecule has 3 aliphatic rings. The van der Waals surface area contributed by atoms with E-state index in [9.17, 15) is 19.2 Å². The number of benzene rings is 2. The van der Waals surface area contributed by atoms with Crippen LogP contribution in [0, 0.1) is 13.8 Å². The number of rotatable bonds is 9. The molecule has 2 aromatic heterocycles. The standard InChI is InChI=1S/C40H49F2N7O6/c1-24-25(2)38(52)44(3)21-28(24)27-18-33(54-5)29(34(19-27)55-6)22-47-12-11-35(40(41,42)23-47)48-15-13-46(14-16-48)20-26-7-8-30-32(17-26)45(4)39(53)49(30)31-9-10-36(50)43-37(31)51/h7-8,17-19,21,31,35H,9-16,20,22-23H2,1-6H3,(H,43,50,51). The predicted molar refractivity (Wildman–Crippen MR) is 204 cm³/mol. The normalized spacial score (nSPS) is 21.2. The number of carbonyl (C=O) groups is 2. The Morgan fingerprint density at radius 2 is 1.53 bits per heavy atom. The second kappa shape index (κ2) is 15.0. The molecule has 0 aliphatic carbocycles. The van der Waals surface area contributed by atoms with Crippen LogP contribution in [0.4, 0.5) is 8.78 Å².